The number of hydrogen-bond acceptors (Lipinski definition) is 5. The van der Waals surface area contributed by atoms with Crippen LogP contribution in [0, 0.1) is 0 Å². The van der Waals surface area contributed by atoms with Crippen LogP contribution in [-0.2, 0) is 0 Å². The molecule has 0 amide bonds. The highest BCUT2D eigenvalue weighted by atomic mass is 16.5. The predicted molar refractivity (Wildman–Crippen MR) is 81.8 cm³/mol. The molecule has 2 heterocycles. The lowest BCUT2D eigenvalue weighted by Gasteiger charge is -2.13. The van der Waals surface area contributed by atoms with E-state index in [1.54, 1.807) is 13.4 Å². The number of ether oxygens (including phenoxy) is 1. The predicted octanol–water partition coefficient (Wildman–Crippen LogP) is 3.31. The van der Waals surface area contributed by atoms with Crippen LogP contribution < -0.4 is 10.1 Å². The summed E-state index contributed by atoms with van der Waals surface area (Å²) in [6, 6.07) is 7.96. The maximum absolute atomic E-state index is 6.02. The van der Waals surface area contributed by atoms with Crippen molar-refractivity contribution in [3.63, 3.8) is 0 Å². The van der Waals surface area contributed by atoms with Crippen molar-refractivity contribution in [2.45, 2.75) is 19.8 Å². The van der Waals surface area contributed by atoms with Crippen molar-refractivity contribution in [1.82, 2.24) is 19.9 Å². The molecular weight excluding hydrogens is 266 g/mol. The van der Waals surface area contributed by atoms with Gasteiger partial charge in [0, 0.05) is 7.05 Å². The summed E-state index contributed by atoms with van der Waals surface area (Å²) in [5, 5.41) is 2.92. The Kier molecular flexibility index (Phi) is 3.43. The summed E-state index contributed by atoms with van der Waals surface area (Å²) in [7, 11) is 1.76. The van der Waals surface area contributed by atoms with Crippen LogP contribution in [-0.4, -0.2) is 27.0 Å². The average Bonchev–Trinajstić information content (AvgIpc) is 2.96. The molecule has 0 fully saturated rings. The van der Waals surface area contributed by atoms with E-state index >= 15 is 0 Å². The van der Waals surface area contributed by atoms with Gasteiger partial charge in [0.25, 0.3) is 5.88 Å². The van der Waals surface area contributed by atoms with E-state index in [-0.39, 0.29) is 0 Å². The monoisotopic (exact) mass is 283 g/mol. The fourth-order valence-corrected chi connectivity index (χ4v) is 2.15. The van der Waals surface area contributed by atoms with Crippen LogP contribution in [0.2, 0.25) is 0 Å². The Morgan fingerprint density at radius 2 is 2.00 bits per heavy atom. The van der Waals surface area contributed by atoms with Crippen molar-refractivity contribution in [2.24, 2.45) is 0 Å². The number of rotatable bonds is 4. The van der Waals surface area contributed by atoms with Gasteiger partial charge in [0.05, 0.1) is 6.33 Å². The van der Waals surface area contributed by atoms with Crippen molar-refractivity contribution in [1.29, 1.82) is 0 Å². The van der Waals surface area contributed by atoms with Crippen LogP contribution in [0.1, 0.15) is 25.3 Å². The molecule has 3 rings (SSSR count). The molecule has 6 heteroatoms. The van der Waals surface area contributed by atoms with Crippen molar-refractivity contribution >= 4 is 17.1 Å². The van der Waals surface area contributed by atoms with Gasteiger partial charge in [-0.2, -0.15) is 9.97 Å². The Balaban J connectivity index is 2.07. The standard InChI is InChI=1S/C15H17N5O/c1-9(2)10-6-4-5-7-11(10)21-14-12-13(18-8-17-12)19-15(16-3)20-14/h4-9H,1-3H3,(H2,16,17,18,19,20). The molecule has 0 aliphatic heterocycles. The Bertz CT molecular complexity index is 766. The first-order valence-corrected chi connectivity index (χ1v) is 6.84. The first-order chi connectivity index (χ1) is 10.2. The Hall–Kier alpha value is -2.63. The van der Waals surface area contributed by atoms with Crippen LogP contribution >= 0.6 is 0 Å². The summed E-state index contributed by atoms with van der Waals surface area (Å²) in [5.74, 6) is 2.11. The lowest BCUT2D eigenvalue weighted by Crippen LogP contribution is -2.01. The van der Waals surface area contributed by atoms with E-state index in [4.69, 9.17) is 4.74 Å². The van der Waals surface area contributed by atoms with Crippen LogP contribution in [0.15, 0.2) is 30.6 Å². The number of aromatic amines is 1. The number of nitrogens with zero attached hydrogens (tertiary/aromatic N) is 3. The summed E-state index contributed by atoms with van der Waals surface area (Å²) >= 11 is 0. The lowest BCUT2D eigenvalue weighted by atomic mass is 10.0. The second-order valence-corrected chi connectivity index (χ2v) is 5.00. The van der Waals surface area contributed by atoms with Gasteiger partial charge in [0.2, 0.25) is 5.95 Å². The summed E-state index contributed by atoms with van der Waals surface area (Å²) in [6.45, 7) is 4.26. The largest absolute Gasteiger partial charge is 0.437 e. The van der Waals surface area contributed by atoms with Crippen molar-refractivity contribution in [2.75, 3.05) is 12.4 Å². The maximum atomic E-state index is 6.02. The zero-order valence-electron chi connectivity index (χ0n) is 12.2. The number of benzene rings is 1. The van der Waals surface area contributed by atoms with Crippen LogP contribution in [0.5, 0.6) is 11.6 Å². The first kappa shape index (κ1) is 13.4. The molecule has 0 spiro atoms. The van der Waals surface area contributed by atoms with E-state index in [0.717, 1.165) is 11.3 Å². The number of para-hydroxylation sites is 1. The Morgan fingerprint density at radius 1 is 1.19 bits per heavy atom. The first-order valence-electron chi connectivity index (χ1n) is 6.84. The minimum absolute atomic E-state index is 0.365. The molecule has 108 valence electrons. The summed E-state index contributed by atoms with van der Waals surface area (Å²) in [4.78, 5) is 15.8. The highest BCUT2D eigenvalue weighted by molar-refractivity contribution is 5.77. The molecule has 2 aromatic heterocycles. The summed E-state index contributed by atoms with van der Waals surface area (Å²) in [5.41, 5.74) is 2.40. The fourth-order valence-electron chi connectivity index (χ4n) is 2.15. The number of imidazole rings is 1. The molecule has 1 aromatic carbocycles. The zero-order valence-corrected chi connectivity index (χ0v) is 12.2. The smallest absolute Gasteiger partial charge is 0.250 e. The molecular formula is C15H17N5O. The third-order valence-corrected chi connectivity index (χ3v) is 3.22. The molecule has 0 saturated carbocycles. The number of H-pyrrole nitrogens is 1. The fraction of sp³-hybridized carbons (Fsp3) is 0.267. The van der Waals surface area contributed by atoms with Gasteiger partial charge in [-0.3, -0.25) is 0 Å². The van der Waals surface area contributed by atoms with Gasteiger partial charge in [-0.05, 0) is 17.5 Å². The van der Waals surface area contributed by atoms with Crippen molar-refractivity contribution in [3.05, 3.63) is 36.2 Å². The maximum Gasteiger partial charge on any atom is 0.250 e. The minimum Gasteiger partial charge on any atom is -0.437 e. The van der Waals surface area contributed by atoms with E-state index in [2.05, 4.69) is 45.2 Å². The van der Waals surface area contributed by atoms with E-state index in [9.17, 15) is 0 Å². The average molecular weight is 283 g/mol. The zero-order chi connectivity index (χ0) is 14.8. The van der Waals surface area contributed by atoms with Gasteiger partial charge in [0.1, 0.15) is 11.3 Å². The molecule has 2 N–H and O–H groups in total. The Morgan fingerprint density at radius 3 is 2.76 bits per heavy atom. The molecule has 3 aromatic rings. The van der Waals surface area contributed by atoms with Crippen LogP contribution in [0.4, 0.5) is 5.95 Å². The lowest BCUT2D eigenvalue weighted by molar-refractivity contribution is 0.459. The summed E-state index contributed by atoms with van der Waals surface area (Å²) < 4.78 is 6.02. The van der Waals surface area contributed by atoms with Gasteiger partial charge < -0.3 is 15.0 Å². The van der Waals surface area contributed by atoms with Crippen LogP contribution in [0.25, 0.3) is 11.2 Å². The molecule has 6 nitrogen and oxygen atoms in total. The van der Waals surface area contributed by atoms with Gasteiger partial charge in [-0.1, -0.05) is 32.0 Å². The number of fused-ring (bicyclic) bond motifs is 1. The third kappa shape index (κ3) is 2.52. The topological polar surface area (TPSA) is 75.7 Å². The SMILES string of the molecule is CNc1nc(Oc2ccccc2C(C)C)c2[nH]cnc2n1. The van der Waals surface area contributed by atoms with E-state index < -0.39 is 0 Å². The number of nitrogens with one attached hydrogen (secondary N) is 2. The number of anilines is 1. The molecule has 0 saturated heterocycles. The highest BCUT2D eigenvalue weighted by Gasteiger charge is 2.14. The van der Waals surface area contributed by atoms with E-state index in [0.29, 0.717) is 28.9 Å². The molecule has 0 radical (unpaired) electrons. The van der Waals surface area contributed by atoms with Crippen molar-refractivity contribution < 1.29 is 4.74 Å². The second kappa shape index (κ2) is 5.40. The molecule has 21 heavy (non-hydrogen) atoms. The van der Waals surface area contributed by atoms with Gasteiger partial charge in [0.15, 0.2) is 5.65 Å². The summed E-state index contributed by atoms with van der Waals surface area (Å²) in [6.07, 6.45) is 1.58. The molecule has 0 bridgehead atoms. The van der Waals surface area contributed by atoms with Gasteiger partial charge in [-0.25, -0.2) is 4.98 Å². The molecule has 0 unspecified atom stereocenters. The minimum atomic E-state index is 0.365. The van der Waals surface area contributed by atoms with Gasteiger partial charge in [-0.15, -0.1) is 0 Å². The quantitative estimate of drug-likeness (QED) is 0.768. The Labute approximate surface area is 122 Å². The van der Waals surface area contributed by atoms with Crippen LogP contribution in [0.3, 0.4) is 0 Å². The normalized spacial score (nSPS) is 11.0. The van der Waals surface area contributed by atoms with Crippen molar-refractivity contribution in [3.8, 4) is 11.6 Å². The van der Waals surface area contributed by atoms with E-state index in [1.165, 1.54) is 0 Å². The van der Waals surface area contributed by atoms with E-state index in [1.807, 2.05) is 18.2 Å². The molecule has 0 aliphatic carbocycles. The third-order valence-electron chi connectivity index (χ3n) is 3.22. The number of hydrogen-bond donors (Lipinski definition) is 2. The van der Waals surface area contributed by atoms with Gasteiger partial charge >= 0.3 is 0 Å². The molecule has 0 atom stereocenters. The highest BCUT2D eigenvalue weighted by Crippen LogP contribution is 2.32. The second-order valence-electron chi connectivity index (χ2n) is 5.00. The molecule has 0 aliphatic rings. The number of aromatic nitrogens is 4.